The standard InChI is InChI=1S/C25H21F4N5O4/c1-12(15-6-4-5-7-19(15)38-25(27,28)29)32-22(35)16-8-14(11-31-24(16)37-3)13-9-17(26)20-18(10-13)33-34-21(20)23(36)30-2/h4-12H,1-3H3,(H,30,36)(H,32,35)(H,33,34). The summed E-state index contributed by atoms with van der Waals surface area (Å²) in [5, 5.41) is 11.5. The number of para-hydroxylation sites is 1. The van der Waals surface area contributed by atoms with Gasteiger partial charge in [-0.1, -0.05) is 18.2 Å². The van der Waals surface area contributed by atoms with Gasteiger partial charge in [0.05, 0.1) is 24.1 Å². The molecule has 3 N–H and O–H groups in total. The second kappa shape index (κ2) is 10.4. The molecule has 2 aromatic carbocycles. The summed E-state index contributed by atoms with van der Waals surface area (Å²) in [6.45, 7) is 1.49. The fourth-order valence-corrected chi connectivity index (χ4v) is 3.90. The first-order chi connectivity index (χ1) is 18.0. The van der Waals surface area contributed by atoms with Crippen LogP contribution in [0.5, 0.6) is 11.6 Å². The molecule has 0 radical (unpaired) electrons. The summed E-state index contributed by atoms with van der Waals surface area (Å²) >= 11 is 0. The lowest BCUT2D eigenvalue weighted by Gasteiger charge is -2.19. The minimum absolute atomic E-state index is 0.00102. The zero-order valence-electron chi connectivity index (χ0n) is 20.2. The van der Waals surface area contributed by atoms with E-state index in [0.29, 0.717) is 11.1 Å². The minimum atomic E-state index is -4.91. The lowest BCUT2D eigenvalue weighted by molar-refractivity contribution is -0.275. The molecular formula is C25H21F4N5O4. The van der Waals surface area contributed by atoms with Gasteiger partial charge in [0.1, 0.15) is 17.1 Å². The number of hydrogen-bond donors (Lipinski definition) is 3. The lowest BCUT2D eigenvalue weighted by Crippen LogP contribution is -2.28. The molecule has 2 amide bonds. The first-order valence-electron chi connectivity index (χ1n) is 11.1. The zero-order chi connectivity index (χ0) is 27.6. The first-order valence-corrected chi connectivity index (χ1v) is 11.1. The van der Waals surface area contributed by atoms with Gasteiger partial charge in [-0.2, -0.15) is 5.10 Å². The highest BCUT2D eigenvalue weighted by Crippen LogP contribution is 2.32. The van der Waals surface area contributed by atoms with Gasteiger partial charge < -0.3 is 20.1 Å². The average Bonchev–Trinajstić information content (AvgIpc) is 3.32. The number of aromatic amines is 1. The van der Waals surface area contributed by atoms with Crippen molar-refractivity contribution in [3.8, 4) is 22.8 Å². The number of aromatic nitrogens is 3. The molecule has 2 aromatic heterocycles. The molecule has 4 rings (SSSR count). The fourth-order valence-electron chi connectivity index (χ4n) is 3.90. The predicted octanol–water partition coefficient (Wildman–Crippen LogP) is 4.52. The van der Waals surface area contributed by atoms with Gasteiger partial charge in [0, 0.05) is 24.4 Å². The summed E-state index contributed by atoms with van der Waals surface area (Å²) in [6, 6.07) is 8.65. The summed E-state index contributed by atoms with van der Waals surface area (Å²) < 4.78 is 62.7. The number of hydrogen-bond acceptors (Lipinski definition) is 6. The van der Waals surface area contributed by atoms with Gasteiger partial charge in [-0.15, -0.1) is 13.2 Å². The molecule has 1 atom stereocenters. The Hall–Kier alpha value is -4.68. The smallest absolute Gasteiger partial charge is 0.480 e. The van der Waals surface area contributed by atoms with Crippen LogP contribution in [0.15, 0.2) is 48.7 Å². The van der Waals surface area contributed by atoms with Crippen molar-refractivity contribution in [2.75, 3.05) is 14.2 Å². The van der Waals surface area contributed by atoms with Gasteiger partial charge in [0.2, 0.25) is 5.88 Å². The Morgan fingerprint density at radius 2 is 1.82 bits per heavy atom. The molecule has 1 unspecified atom stereocenters. The summed E-state index contributed by atoms with van der Waals surface area (Å²) in [7, 11) is 2.69. The molecule has 0 aliphatic rings. The number of benzene rings is 2. The Morgan fingerprint density at radius 1 is 1.08 bits per heavy atom. The van der Waals surface area contributed by atoms with E-state index in [0.717, 1.165) is 6.07 Å². The van der Waals surface area contributed by atoms with Crippen LogP contribution in [0.4, 0.5) is 17.6 Å². The summed E-state index contributed by atoms with van der Waals surface area (Å²) in [5.74, 6) is -2.49. The third-order valence-corrected chi connectivity index (χ3v) is 5.64. The molecule has 0 fully saturated rings. The maximum atomic E-state index is 15.0. The number of H-pyrrole nitrogens is 1. The molecule has 4 aromatic rings. The summed E-state index contributed by atoms with van der Waals surface area (Å²) in [4.78, 5) is 29.3. The quantitative estimate of drug-likeness (QED) is 0.302. The first kappa shape index (κ1) is 26.4. The number of carbonyl (C=O) groups is 2. The van der Waals surface area contributed by atoms with Crippen LogP contribution in [-0.2, 0) is 0 Å². The maximum Gasteiger partial charge on any atom is 0.573 e. The molecule has 9 nitrogen and oxygen atoms in total. The van der Waals surface area contributed by atoms with E-state index >= 15 is 0 Å². The number of amides is 2. The van der Waals surface area contributed by atoms with Crippen molar-refractivity contribution in [1.29, 1.82) is 0 Å². The SMILES string of the molecule is CNC(=O)c1n[nH]c2cc(-c3cnc(OC)c(C(=O)NC(C)c4ccccc4OC(F)(F)F)c3)cc(F)c12. The van der Waals surface area contributed by atoms with E-state index in [4.69, 9.17) is 4.74 Å². The molecule has 0 aliphatic heterocycles. The second-order valence-corrected chi connectivity index (χ2v) is 8.09. The third-order valence-electron chi connectivity index (χ3n) is 5.64. The Morgan fingerprint density at radius 3 is 2.50 bits per heavy atom. The number of fused-ring (bicyclic) bond motifs is 1. The van der Waals surface area contributed by atoms with Gasteiger partial charge in [-0.3, -0.25) is 14.7 Å². The van der Waals surface area contributed by atoms with Crippen LogP contribution in [-0.4, -0.2) is 47.5 Å². The largest absolute Gasteiger partial charge is 0.573 e. The zero-order valence-corrected chi connectivity index (χ0v) is 20.2. The van der Waals surface area contributed by atoms with E-state index in [1.54, 1.807) is 0 Å². The highest BCUT2D eigenvalue weighted by molar-refractivity contribution is 6.05. The Balaban J connectivity index is 1.66. The Labute approximate surface area is 213 Å². The summed E-state index contributed by atoms with van der Waals surface area (Å²) in [5.41, 5.74) is 0.852. The second-order valence-electron chi connectivity index (χ2n) is 8.09. The van der Waals surface area contributed by atoms with Crippen molar-refractivity contribution in [2.24, 2.45) is 0 Å². The Bertz CT molecular complexity index is 1520. The van der Waals surface area contributed by atoms with E-state index in [1.165, 1.54) is 63.7 Å². The van der Waals surface area contributed by atoms with Crippen LogP contribution in [0.3, 0.4) is 0 Å². The number of alkyl halides is 3. The highest BCUT2D eigenvalue weighted by atomic mass is 19.4. The van der Waals surface area contributed by atoms with Gasteiger partial charge in [0.25, 0.3) is 11.8 Å². The van der Waals surface area contributed by atoms with E-state index in [2.05, 4.69) is 30.6 Å². The van der Waals surface area contributed by atoms with Crippen LogP contribution in [0.25, 0.3) is 22.0 Å². The van der Waals surface area contributed by atoms with E-state index in [1.807, 2.05) is 0 Å². The van der Waals surface area contributed by atoms with Gasteiger partial charge in [-0.05, 0) is 36.8 Å². The van der Waals surface area contributed by atoms with Crippen molar-refractivity contribution >= 4 is 22.7 Å². The molecule has 13 heteroatoms. The normalized spacial score (nSPS) is 12.2. The van der Waals surface area contributed by atoms with Gasteiger partial charge in [-0.25, -0.2) is 9.37 Å². The van der Waals surface area contributed by atoms with Crippen molar-refractivity contribution in [3.63, 3.8) is 0 Å². The average molecular weight is 531 g/mol. The monoisotopic (exact) mass is 531 g/mol. The fraction of sp³-hybridized carbons (Fsp3) is 0.200. The molecule has 198 valence electrons. The molecule has 0 spiro atoms. The van der Waals surface area contributed by atoms with Gasteiger partial charge >= 0.3 is 6.36 Å². The summed E-state index contributed by atoms with van der Waals surface area (Å²) in [6.07, 6.45) is -3.55. The third kappa shape index (κ3) is 5.36. The molecule has 38 heavy (non-hydrogen) atoms. The van der Waals surface area contributed by atoms with Crippen molar-refractivity contribution in [3.05, 3.63) is 71.3 Å². The number of nitrogens with one attached hydrogen (secondary N) is 3. The highest BCUT2D eigenvalue weighted by Gasteiger charge is 2.33. The van der Waals surface area contributed by atoms with E-state index in [9.17, 15) is 27.2 Å². The van der Waals surface area contributed by atoms with Gasteiger partial charge in [0.15, 0.2) is 5.69 Å². The molecule has 0 saturated heterocycles. The minimum Gasteiger partial charge on any atom is -0.480 e. The molecule has 0 aliphatic carbocycles. The van der Waals surface area contributed by atoms with Crippen LogP contribution in [0, 0.1) is 5.82 Å². The van der Waals surface area contributed by atoms with Crippen LogP contribution in [0.2, 0.25) is 0 Å². The Kier molecular flexibility index (Phi) is 7.19. The van der Waals surface area contributed by atoms with E-state index in [-0.39, 0.29) is 33.6 Å². The van der Waals surface area contributed by atoms with Crippen molar-refractivity contribution in [1.82, 2.24) is 25.8 Å². The number of ether oxygens (including phenoxy) is 2. The number of pyridine rings is 1. The molecular weight excluding hydrogens is 510 g/mol. The number of nitrogens with zero attached hydrogens (tertiary/aromatic N) is 2. The lowest BCUT2D eigenvalue weighted by atomic mass is 10.0. The molecule has 0 bridgehead atoms. The van der Waals surface area contributed by atoms with Crippen LogP contribution >= 0.6 is 0 Å². The van der Waals surface area contributed by atoms with Crippen LogP contribution in [0.1, 0.15) is 39.4 Å². The number of methoxy groups -OCH3 is 1. The van der Waals surface area contributed by atoms with Crippen LogP contribution < -0.4 is 20.1 Å². The van der Waals surface area contributed by atoms with Crippen molar-refractivity contribution < 1.29 is 36.6 Å². The van der Waals surface area contributed by atoms with Crippen molar-refractivity contribution in [2.45, 2.75) is 19.3 Å². The predicted molar refractivity (Wildman–Crippen MR) is 128 cm³/mol. The molecule has 0 saturated carbocycles. The number of carbonyl (C=O) groups excluding carboxylic acids is 2. The topological polar surface area (TPSA) is 118 Å². The molecule has 2 heterocycles. The maximum absolute atomic E-state index is 15.0. The van der Waals surface area contributed by atoms with E-state index < -0.39 is 35.8 Å². The number of rotatable bonds is 7. The number of halogens is 4.